The lowest BCUT2D eigenvalue weighted by Crippen LogP contribution is -2.19. The molecule has 0 aromatic carbocycles. The normalized spacial score (nSPS) is 20.2. The van der Waals surface area contributed by atoms with Gasteiger partial charge in [-0.1, -0.05) is 0 Å². The molecule has 2 rings (SSSR count). The quantitative estimate of drug-likeness (QED) is 0.652. The highest BCUT2D eigenvalue weighted by atomic mass is 16.3. The third kappa shape index (κ3) is 2.59. The molecule has 0 saturated heterocycles. The molecule has 1 aliphatic rings. The maximum Gasteiger partial charge on any atom is 0.0949 e. The summed E-state index contributed by atoms with van der Waals surface area (Å²) in [6, 6.07) is 2.13. The number of rotatable bonds is 5. The van der Waals surface area contributed by atoms with Crippen LogP contribution in [0, 0.1) is 5.92 Å². The highest BCUT2D eigenvalue weighted by Gasteiger charge is 2.29. The van der Waals surface area contributed by atoms with Crippen LogP contribution in [0.4, 0.5) is 0 Å². The number of aliphatic hydroxyl groups is 2. The summed E-state index contributed by atoms with van der Waals surface area (Å²) in [5.74, 6) is 0.642. The summed E-state index contributed by atoms with van der Waals surface area (Å²) in [7, 11) is 0. The van der Waals surface area contributed by atoms with Crippen molar-refractivity contribution in [2.75, 3.05) is 6.61 Å². The lowest BCUT2D eigenvalue weighted by atomic mass is 10.1. The number of nitrogens with zero attached hydrogens (tertiary/aromatic N) is 1. The van der Waals surface area contributed by atoms with Crippen LogP contribution in [0.15, 0.2) is 18.5 Å². The molecule has 0 bridgehead atoms. The van der Waals surface area contributed by atoms with Gasteiger partial charge in [-0.25, -0.2) is 0 Å². The summed E-state index contributed by atoms with van der Waals surface area (Å²) < 4.78 is 1.87. The number of aliphatic hydroxyl groups excluding tert-OH is 2. The van der Waals surface area contributed by atoms with E-state index in [9.17, 15) is 5.11 Å². The van der Waals surface area contributed by atoms with Crippen LogP contribution in [0.2, 0.25) is 0 Å². The number of aromatic nitrogens is 1. The largest absolute Gasteiger partial charge is 0.394 e. The molecule has 1 aromatic rings. The fraction of sp³-hybridized carbons (Fsp3) is 0.636. The molecule has 1 saturated carbocycles. The van der Waals surface area contributed by atoms with Crippen molar-refractivity contribution < 1.29 is 10.2 Å². The molecule has 0 spiro atoms. The van der Waals surface area contributed by atoms with Crippen molar-refractivity contribution >= 4 is 0 Å². The molecule has 1 fully saturated rings. The van der Waals surface area contributed by atoms with Crippen LogP contribution in [0.25, 0.3) is 0 Å². The standard InChI is InChI=1S/C11H18N2O2/c12-11(8-1-2-8)9-3-4-13(5-9)6-10(15)7-14/h3-5,8,10-11,14-15H,1-2,6-7,12H2. The van der Waals surface area contributed by atoms with Gasteiger partial charge in [0.05, 0.1) is 19.3 Å². The van der Waals surface area contributed by atoms with Crippen molar-refractivity contribution in [3.63, 3.8) is 0 Å². The van der Waals surface area contributed by atoms with E-state index in [0.717, 1.165) is 5.56 Å². The maximum atomic E-state index is 9.28. The molecule has 0 radical (unpaired) electrons. The van der Waals surface area contributed by atoms with E-state index in [4.69, 9.17) is 10.8 Å². The number of nitrogens with two attached hydrogens (primary N) is 1. The van der Waals surface area contributed by atoms with Crippen LogP contribution in [0.3, 0.4) is 0 Å². The lowest BCUT2D eigenvalue weighted by Gasteiger charge is -2.09. The van der Waals surface area contributed by atoms with Crippen molar-refractivity contribution in [3.05, 3.63) is 24.0 Å². The van der Waals surface area contributed by atoms with Crippen molar-refractivity contribution in [3.8, 4) is 0 Å². The average Bonchev–Trinajstić information content (AvgIpc) is 2.98. The monoisotopic (exact) mass is 210 g/mol. The van der Waals surface area contributed by atoms with E-state index in [1.165, 1.54) is 12.8 Å². The highest BCUT2D eigenvalue weighted by Crippen LogP contribution is 2.39. The van der Waals surface area contributed by atoms with E-state index >= 15 is 0 Å². The van der Waals surface area contributed by atoms with Gasteiger partial charge in [0.2, 0.25) is 0 Å². The fourth-order valence-electron chi connectivity index (χ4n) is 1.80. The summed E-state index contributed by atoms with van der Waals surface area (Å²) in [4.78, 5) is 0. The smallest absolute Gasteiger partial charge is 0.0949 e. The molecule has 2 unspecified atom stereocenters. The van der Waals surface area contributed by atoms with E-state index in [1.54, 1.807) is 0 Å². The zero-order valence-corrected chi connectivity index (χ0v) is 8.71. The fourth-order valence-corrected chi connectivity index (χ4v) is 1.80. The van der Waals surface area contributed by atoms with Crippen molar-refractivity contribution in [2.45, 2.75) is 31.5 Å². The molecule has 1 aromatic heterocycles. The predicted molar refractivity (Wildman–Crippen MR) is 57.2 cm³/mol. The van der Waals surface area contributed by atoms with Crippen LogP contribution in [-0.2, 0) is 6.54 Å². The first-order valence-electron chi connectivity index (χ1n) is 5.41. The van der Waals surface area contributed by atoms with Crippen molar-refractivity contribution in [2.24, 2.45) is 11.7 Å². The summed E-state index contributed by atoms with van der Waals surface area (Å²) in [6.45, 7) is 0.218. The Bertz CT molecular complexity index is 320. The van der Waals surface area contributed by atoms with Crippen LogP contribution >= 0.6 is 0 Å². The van der Waals surface area contributed by atoms with Gasteiger partial charge in [0, 0.05) is 18.4 Å². The third-order valence-corrected chi connectivity index (χ3v) is 2.92. The van der Waals surface area contributed by atoms with Gasteiger partial charge in [-0.15, -0.1) is 0 Å². The molecule has 4 nitrogen and oxygen atoms in total. The van der Waals surface area contributed by atoms with E-state index in [2.05, 4.69) is 0 Å². The van der Waals surface area contributed by atoms with E-state index < -0.39 is 6.10 Å². The molecule has 4 heteroatoms. The first-order valence-corrected chi connectivity index (χ1v) is 5.41. The first-order chi connectivity index (χ1) is 7.20. The molecule has 15 heavy (non-hydrogen) atoms. The average molecular weight is 210 g/mol. The molecule has 84 valence electrons. The maximum absolute atomic E-state index is 9.28. The van der Waals surface area contributed by atoms with E-state index in [0.29, 0.717) is 12.5 Å². The Morgan fingerprint density at radius 1 is 1.53 bits per heavy atom. The van der Waals surface area contributed by atoms with Crippen LogP contribution in [0.1, 0.15) is 24.4 Å². The Kier molecular flexibility index (Phi) is 3.09. The minimum atomic E-state index is -0.692. The van der Waals surface area contributed by atoms with Crippen LogP contribution < -0.4 is 5.73 Å². The summed E-state index contributed by atoms with van der Waals surface area (Å²) in [6.07, 6.45) is 5.62. The minimum absolute atomic E-state index is 0.137. The lowest BCUT2D eigenvalue weighted by molar-refractivity contribution is 0.0813. The van der Waals surface area contributed by atoms with Gasteiger partial charge < -0.3 is 20.5 Å². The molecule has 2 atom stereocenters. The van der Waals surface area contributed by atoms with E-state index in [-0.39, 0.29) is 12.6 Å². The highest BCUT2D eigenvalue weighted by molar-refractivity contribution is 5.17. The topological polar surface area (TPSA) is 71.4 Å². The second-order valence-corrected chi connectivity index (χ2v) is 4.34. The second kappa shape index (κ2) is 4.35. The van der Waals surface area contributed by atoms with Gasteiger partial charge in [-0.3, -0.25) is 0 Å². The number of hydrogen-bond acceptors (Lipinski definition) is 3. The number of hydrogen-bond donors (Lipinski definition) is 3. The summed E-state index contributed by atoms with van der Waals surface area (Å²) in [5.41, 5.74) is 7.18. The zero-order valence-electron chi connectivity index (χ0n) is 8.71. The molecule has 1 aliphatic carbocycles. The Balaban J connectivity index is 1.96. The summed E-state index contributed by atoms with van der Waals surface area (Å²) in [5, 5.41) is 18.0. The SMILES string of the molecule is NC(c1ccn(CC(O)CO)c1)C1CC1. The molecular formula is C11H18N2O2. The zero-order chi connectivity index (χ0) is 10.8. The first kappa shape index (κ1) is 10.7. The Morgan fingerprint density at radius 2 is 2.27 bits per heavy atom. The van der Waals surface area contributed by atoms with Gasteiger partial charge in [0.25, 0.3) is 0 Å². The van der Waals surface area contributed by atoms with Gasteiger partial charge in [-0.2, -0.15) is 0 Å². The minimum Gasteiger partial charge on any atom is -0.394 e. The van der Waals surface area contributed by atoms with Crippen LogP contribution in [-0.4, -0.2) is 27.5 Å². The summed E-state index contributed by atoms with van der Waals surface area (Å²) >= 11 is 0. The third-order valence-electron chi connectivity index (χ3n) is 2.92. The van der Waals surface area contributed by atoms with Crippen molar-refractivity contribution in [1.29, 1.82) is 0 Å². The predicted octanol–water partition coefficient (Wildman–Crippen LogP) is 0.251. The van der Waals surface area contributed by atoms with Gasteiger partial charge in [0.1, 0.15) is 0 Å². The Morgan fingerprint density at radius 3 is 2.87 bits per heavy atom. The van der Waals surface area contributed by atoms with Gasteiger partial charge in [-0.05, 0) is 30.4 Å². The molecule has 4 N–H and O–H groups in total. The Labute approximate surface area is 89.3 Å². The van der Waals surface area contributed by atoms with Crippen molar-refractivity contribution in [1.82, 2.24) is 4.57 Å². The molecule has 0 aliphatic heterocycles. The Hall–Kier alpha value is -0.840. The van der Waals surface area contributed by atoms with E-state index in [1.807, 2.05) is 23.0 Å². The van der Waals surface area contributed by atoms with Gasteiger partial charge >= 0.3 is 0 Å². The molecule has 0 amide bonds. The van der Waals surface area contributed by atoms with Crippen LogP contribution in [0.5, 0.6) is 0 Å². The molecular weight excluding hydrogens is 192 g/mol. The molecule has 1 heterocycles. The van der Waals surface area contributed by atoms with Gasteiger partial charge in [0.15, 0.2) is 0 Å². The second-order valence-electron chi connectivity index (χ2n) is 4.34.